The van der Waals surface area contributed by atoms with Crippen LogP contribution in [0.25, 0.3) is 0 Å². The van der Waals surface area contributed by atoms with Crippen molar-refractivity contribution in [2.45, 2.75) is 110 Å². The van der Waals surface area contributed by atoms with E-state index in [4.69, 9.17) is 4.74 Å². The number of Topliss-reactive ketones (excluding diaryl/α,β-unsaturated/α-hetero) is 1. The first kappa shape index (κ1) is 44.6. The number of aliphatic hydroxyl groups excluding tert-OH is 2. The van der Waals surface area contributed by atoms with Crippen LogP contribution in [0.5, 0.6) is 5.75 Å². The number of phenols is 1. The maximum atomic E-state index is 14.4. The fourth-order valence-electron chi connectivity index (χ4n) is 6.32. The van der Waals surface area contributed by atoms with Crippen LogP contribution >= 0.6 is 0 Å². The van der Waals surface area contributed by atoms with Crippen LogP contribution in [0.2, 0.25) is 0 Å². The maximum absolute atomic E-state index is 14.4. The number of rotatable bonds is 8. The third kappa shape index (κ3) is 12.6. The van der Waals surface area contributed by atoms with Gasteiger partial charge in [-0.25, -0.2) is 9.82 Å². The van der Waals surface area contributed by atoms with E-state index in [-0.39, 0.29) is 43.6 Å². The van der Waals surface area contributed by atoms with Crippen molar-refractivity contribution in [3.8, 4) is 5.75 Å². The number of benzene rings is 1. The van der Waals surface area contributed by atoms with Crippen molar-refractivity contribution < 1.29 is 57.6 Å². The van der Waals surface area contributed by atoms with Gasteiger partial charge in [0.05, 0.1) is 18.1 Å². The lowest BCUT2D eigenvalue weighted by Gasteiger charge is -2.36. The average Bonchev–Trinajstić information content (AvgIpc) is 3.13. The minimum atomic E-state index is -1.51. The number of hydrogen-bond acceptors (Lipinski definition) is 11. The van der Waals surface area contributed by atoms with Gasteiger partial charge in [-0.2, -0.15) is 4.39 Å². The van der Waals surface area contributed by atoms with Gasteiger partial charge in [0.25, 0.3) is 5.91 Å². The SMILES string of the molecule is CC(=O)CC[C@H]1C(=O)N[C@@H](C(C)C)C(=O)N[C@@H](Cc2cc(O)c(F)c(F)c2)C(=O)N2CCCC(N2)C(=O)O[C@H](/C(C)=C/C=O)C/C=C/C=C/[C@H](O)[C@H](C)[C@H]1O. The third-order valence-electron chi connectivity index (χ3n) is 9.74. The van der Waals surface area contributed by atoms with Crippen LogP contribution in [-0.2, 0) is 39.9 Å². The standard InChI is InChI=1S/C39H52F2N4O10/c1-21(2)34-37(52)42-29(19-25-18-27(40)33(41)31(49)20-25)38(53)45-16-9-10-28(44-45)39(54)55-32(22(3)15-17-46)12-8-6-7-11-30(48)24(5)35(50)26(36(51)43-34)14-13-23(4)47/h6-8,11,15,17-18,20-21,24,26,28-30,32,34-35,44,48-50H,9-10,12-14,16,19H2,1-5H3,(H,42,52)(H,43,51)/b8-6+,11-7+,22-15+/t24-,26+,28?,29-,30-,32-,34-,35+/m0/s1. The van der Waals surface area contributed by atoms with E-state index in [1.165, 1.54) is 32.1 Å². The molecular formula is C39H52F2N4O10. The van der Waals surface area contributed by atoms with Crippen LogP contribution in [-0.4, -0.2) is 99.1 Å². The van der Waals surface area contributed by atoms with E-state index in [1.807, 2.05) is 0 Å². The molecule has 0 radical (unpaired) electrons. The number of ketones is 1. The van der Waals surface area contributed by atoms with Gasteiger partial charge in [-0.05, 0) is 68.4 Å². The first-order valence-corrected chi connectivity index (χ1v) is 18.3. The second-order valence-electron chi connectivity index (χ2n) is 14.4. The second kappa shape index (κ2) is 20.8. The number of nitrogens with one attached hydrogen (secondary N) is 3. The van der Waals surface area contributed by atoms with Gasteiger partial charge in [-0.3, -0.25) is 29.0 Å². The van der Waals surface area contributed by atoms with Crippen LogP contribution in [0, 0.1) is 29.4 Å². The number of ether oxygens (including phenoxy) is 1. The Hall–Kier alpha value is -4.80. The summed E-state index contributed by atoms with van der Waals surface area (Å²) in [7, 11) is 0. The first-order chi connectivity index (χ1) is 25.9. The van der Waals surface area contributed by atoms with E-state index in [9.17, 15) is 52.9 Å². The molecule has 0 aromatic heterocycles. The Morgan fingerprint density at radius 2 is 1.78 bits per heavy atom. The molecule has 2 bridgehead atoms. The Kier molecular flexibility index (Phi) is 16.8. The number of aromatic hydroxyl groups is 1. The van der Waals surface area contributed by atoms with E-state index >= 15 is 0 Å². The van der Waals surface area contributed by atoms with E-state index in [2.05, 4.69) is 16.1 Å². The predicted molar refractivity (Wildman–Crippen MR) is 195 cm³/mol. The van der Waals surface area contributed by atoms with Gasteiger partial charge in [0.1, 0.15) is 36.3 Å². The Morgan fingerprint density at radius 3 is 2.42 bits per heavy atom. The Labute approximate surface area is 319 Å². The summed E-state index contributed by atoms with van der Waals surface area (Å²) in [6.07, 6.45) is 4.32. The number of halogens is 2. The molecule has 0 saturated carbocycles. The Bertz CT molecular complexity index is 1640. The molecule has 55 heavy (non-hydrogen) atoms. The molecule has 2 aliphatic rings. The molecule has 1 fully saturated rings. The summed E-state index contributed by atoms with van der Waals surface area (Å²) in [5.41, 5.74) is 3.20. The molecule has 0 spiro atoms. The number of aldehydes is 1. The van der Waals surface area contributed by atoms with Gasteiger partial charge >= 0.3 is 5.97 Å². The number of esters is 1. The van der Waals surface area contributed by atoms with Crippen molar-refractivity contribution in [1.29, 1.82) is 0 Å². The van der Waals surface area contributed by atoms with Crippen LogP contribution < -0.4 is 16.1 Å². The highest BCUT2D eigenvalue weighted by molar-refractivity contribution is 5.93. The zero-order valence-corrected chi connectivity index (χ0v) is 31.7. The molecule has 302 valence electrons. The number of allylic oxidation sites excluding steroid dienone is 3. The number of fused-ring (bicyclic) bond motifs is 2. The Balaban J connectivity index is 2.10. The topological polar surface area (TPSA) is 212 Å². The van der Waals surface area contributed by atoms with Gasteiger partial charge in [0, 0.05) is 31.7 Å². The summed E-state index contributed by atoms with van der Waals surface area (Å²) >= 11 is 0. The van der Waals surface area contributed by atoms with Crippen molar-refractivity contribution in [2.75, 3.05) is 6.54 Å². The molecule has 8 atom stereocenters. The smallest absolute Gasteiger partial charge is 0.325 e. The largest absolute Gasteiger partial charge is 0.505 e. The van der Waals surface area contributed by atoms with E-state index in [0.717, 1.165) is 17.1 Å². The Morgan fingerprint density at radius 1 is 1.07 bits per heavy atom. The highest BCUT2D eigenvalue weighted by Crippen LogP contribution is 2.25. The van der Waals surface area contributed by atoms with Gasteiger partial charge < -0.3 is 35.5 Å². The van der Waals surface area contributed by atoms with Crippen molar-refractivity contribution in [3.63, 3.8) is 0 Å². The van der Waals surface area contributed by atoms with Crippen LogP contribution in [0.3, 0.4) is 0 Å². The third-order valence-corrected chi connectivity index (χ3v) is 9.74. The molecule has 16 heteroatoms. The molecular weight excluding hydrogens is 722 g/mol. The fourth-order valence-corrected chi connectivity index (χ4v) is 6.32. The molecule has 1 unspecified atom stereocenters. The number of aliphatic hydroxyl groups is 2. The quantitative estimate of drug-likeness (QED) is 0.128. The van der Waals surface area contributed by atoms with Gasteiger partial charge in [-0.1, -0.05) is 45.1 Å². The fraction of sp³-hybridized carbons (Fsp3) is 0.538. The zero-order chi connectivity index (χ0) is 41.0. The van der Waals surface area contributed by atoms with E-state index in [0.29, 0.717) is 18.3 Å². The second-order valence-corrected chi connectivity index (χ2v) is 14.4. The summed E-state index contributed by atoms with van der Waals surface area (Å²) in [4.78, 5) is 78.5. The molecule has 3 amide bonds. The number of phenolic OH excluding ortho intramolecular Hbond substituents is 1. The van der Waals surface area contributed by atoms with Gasteiger partial charge in [-0.15, -0.1) is 0 Å². The maximum Gasteiger partial charge on any atom is 0.325 e. The summed E-state index contributed by atoms with van der Waals surface area (Å²) in [6, 6.07) is -2.19. The number of hydrogen-bond donors (Lipinski definition) is 6. The number of carbonyl (C=O) groups is 6. The molecule has 0 aliphatic carbocycles. The summed E-state index contributed by atoms with van der Waals surface area (Å²) in [5, 5.41) is 38.6. The molecule has 1 aromatic rings. The van der Waals surface area contributed by atoms with E-state index < -0.39 is 102 Å². The van der Waals surface area contributed by atoms with Crippen molar-refractivity contribution in [3.05, 3.63) is 65.3 Å². The normalized spacial score (nSPS) is 29.3. The molecule has 2 aliphatic heterocycles. The highest BCUT2D eigenvalue weighted by Gasteiger charge is 2.38. The zero-order valence-electron chi connectivity index (χ0n) is 31.7. The molecule has 2 heterocycles. The number of hydrazine groups is 1. The van der Waals surface area contributed by atoms with Crippen LogP contribution in [0.1, 0.15) is 72.3 Å². The molecule has 1 saturated heterocycles. The van der Waals surface area contributed by atoms with E-state index in [1.54, 1.807) is 32.9 Å². The van der Waals surface area contributed by atoms with Crippen molar-refractivity contribution in [1.82, 2.24) is 21.1 Å². The number of cyclic esters (lactones) is 1. The number of amides is 3. The average molecular weight is 775 g/mol. The summed E-state index contributed by atoms with van der Waals surface area (Å²) in [6.45, 7) is 7.74. The first-order valence-electron chi connectivity index (χ1n) is 18.3. The molecule has 14 nitrogen and oxygen atoms in total. The molecule has 1 aromatic carbocycles. The molecule has 3 rings (SSSR count). The van der Waals surface area contributed by atoms with Gasteiger partial charge in [0.2, 0.25) is 11.8 Å². The summed E-state index contributed by atoms with van der Waals surface area (Å²) in [5.74, 6) is -10.1. The number of nitrogens with zero attached hydrogens (tertiary/aromatic N) is 1. The van der Waals surface area contributed by atoms with Crippen LogP contribution in [0.15, 0.2) is 48.1 Å². The lowest BCUT2D eigenvalue weighted by Crippen LogP contribution is -2.62. The van der Waals surface area contributed by atoms with Crippen molar-refractivity contribution >= 4 is 35.8 Å². The van der Waals surface area contributed by atoms with Gasteiger partial charge in [0.15, 0.2) is 17.4 Å². The van der Waals surface area contributed by atoms with Crippen molar-refractivity contribution in [2.24, 2.45) is 17.8 Å². The summed E-state index contributed by atoms with van der Waals surface area (Å²) < 4.78 is 34.1. The monoisotopic (exact) mass is 774 g/mol. The minimum Gasteiger partial charge on any atom is -0.505 e. The lowest BCUT2D eigenvalue weighted by molar-refractivity contribution is -0.156. The lowest BCUT2D eigenvalue weighted by atomic mass is 9.84. The predicted octanol–water partition coefficient (Wildman–Crippen LogP) is 2.25. The highest BCUT2D eigenvalue weighted by atomic mass is 19.2. The van der Waals surface area contributed by atoms with Crippen LogP contribution in [0.4, 0.5) is 8.78 Å². The molecule has 6 N–H and O–H groups in total. The minimum absolute atomic E-state index is 0.0584. The number of carbonyl (C=O) groups excluding carboxylic acids is 6.